The van der Waals surface area contributed by atoms with Crippen LogP contribution in [0.1, 0.15) is 24.2 Å². The Balaban J connectivity index is 1.92. The van der Waals surface area contributed by atoms with E-state index in [4.69, 9.17) is 0 Å². The normalized spacial score (nSPS) is 20.4. The molecule has 0 amide bonds. The van der Waals surface area contributed by atoms with Crippen LogP contribution < -0.4 is 5.56 Å². The van der Waals surface area contributed by atoms with Crippen LogP contribution in [0, 0.1) is 6.92 Å². The topological polar surface area (TPSA) is 69.2 Å². The summed E-state index contributed by atoms with van der Waals surface area (Å²) in [5, 5.41) is 10.3. The number of aliphatic hydroxyl groups is 1. The summed E-state index contributed by atoms with van der Waals surface area (Å²) in [5.74, 6) is 0.672. The third-order valence-electron chi connectivity index (χ3n) is 3.84. The first-order valence-corrected chi connectivity index (χ1v) is 7.02. The van der Waals surface area contributed by atoms with Gasteiger partial charge in [-0.05, 0) is 37.9 Å². The second-order valence-electron chi connectivity index (χ2n) is 5.51. The van der Waals surface area contributed by atoms with Crippen molar-refractivity contribution in [1.29, 1.82) is 0 Å². The number of H-pyrrole nitrogens is 1. The van der Waals surface area contributed by atoms with Crippen molar-refractivity contribution in [3.8, 4) is 0 Å². The molecule has 0 unspecified atom stereocenters. The maximum Gasteiger partial charge on any atom is 0.258 e. The molecule has 106 valence electrons. The summed E-state index contributed by atoms with van der Waals surface area (Å²) in [4.78, 5) is 21.7. The SMILES string of the molecule is Cc1cccc2c(=O)[nH]c(CN3CCC[C@H](O)C3)nc12. The van der Waals surface area contributed by atoms with E-state index < -0.39 is 0 Å². The number of rotatable bonds is 2. The highest BCUT2D eigenvalue weighted by molar-refractivity contribution is 5.80. The highest BCUT2D eigenvalue weighted by atomic mass is 16.3. The lowest BCUT2D eigenvalue weighted by molar-refractivity contribution is 0.0655. The quantitative estimate of drug-likeness (QED) is 0.862. The fraction of sp³-hybridized carbons (Fsp3) is 0.467. The summed E-state index contributed by atoms with van der Waals surface area (Å²) in [6.45, 7) is 4.13. The molecule has 0 spiro atoms. The van der Waals surface area contributed by atoms with Gasteiger partial charge in [-0.1, -0.05) is 12.1 Å². The molecule has 0 radical (unpaired) electrons. The van der Waals surface area contributed by atoms with Gasteiger partial charge in [0.2, 0.25) is 0 Å². The number of β-amino-alcohol motifs (C(OH)–C–C–N with tert-alkyl or cyclic N) is 1. The molecule has 2 N–H and O–H groups in total. The zero-order valence-corrected chi connectivity index (χ0v) is 11.6. The van der Waals surface area contributed by atoms with Crippen LogP contribution in [0.2, 0.25) is 0 Å². The monoisotopic (exact) mass is 273 g/mol. The van der Waals surface area contributed by atoms with E-state index in [1.165, 1.54) is 0 Å². The number of likely N-dealkylation sites (tertiary alicyclic amines) is 1. The first kappa shape index (κ1) is 13.3. The van der Waals surface area contributed by atoms with Crippen molar-refractivity contribution in [3.63, 3.8) is 0 Å². The molecule has 1 aliphatic rings. The lowest BCUT2D eigenvalue weighted by Gasteiger charge is -2.29. The van der Waals surface area contributed by atoms with Crippen LogP contribution >= 0.6 is 0 Å². The lowest BCUT2D eigenvalue weighted by atomic mass is 10.1. The van der Waals surface area contributed by atoms with Crippen LogP contribution in [0.15, 0.2) is 23.0 Å². The number of aryl methyl sites for hydroxylation is 1. The summed E-state index contributed by atoms with van der Waals surface area (Å²) in [7, 11) is 0. The highest BCUT2D eigenvalue weighted by Gasteiger charge is 2.18. The number of piperidine rings is 1. The molecule has 1 saturated heterocycles. The molecule has 1 aromatic heterocycles. The molecular formula is C15H19N3O2. The van der Waals surface area contributed by atoms with Crippen LogP contribution in [-0.4, -0.2) is 39.2 Å². The molecule has 2 heterocycles. The predicted molar refractivity (Wildman–Crippen MR) is 77.6 cm³/mol. The van der Waals surface area contributed by atoms with Crippen molar-refractivity contribution in [3.05, 3.63) is 39.9 Å². The largest absolute Gasteiger partial charge is 0.392 e. The molecule has 1 atom stereocenters. The Kier molecular flexibility index (Phi) is 3.54. The average Bonchev–Trinajstić information content (AvgIpc) is 2.40. The van der Waals surface area contributed by atoms with Crippen molar-refractivity contribution in [1.82, 2.24) is 14.9 Å². The van der Waals surface area contributed by atoms with Crippen LogP contribution in [-0.2, 0) is 6.54 Å². The Hall–Kier alpha value is -1.72. The second kappa shape index (κ2) is 5.34. The molecule has 5 nitrogen and oxygen atoms in total. The minimum atomic E-state index is -0.266. The molecule has 0 saturated carbocycles. The van der Waals surface area contributed by atoms with Crippen LogP contribution in [0.25, 0.3) is 10.9 Å². The summed E-state index contributed by atoms with van der Waals surface area (Å²) >= 11 is 0. The highest BCUT2D eigenvalue weighted by Crippen LogP contribution is 2.15. The molecule has 5 heteroatoms. The molecule has 1 aromatic carbocycles. The van der Waals surface area contributed by atoms with Crippen molar-refractivity contribution >= 4 is 10.9 Å². The number of hydrogen-bond donors (Lipinski definition) is 2. The van der Waals surface area contributed by atoms with Crippen molar-refractivity contribution < 1.29 is 5.11 Å². The number of para-hydroxylation sites is 1. The number of nitrogens with zero attached hydrogens (tertiary/aromatic N) is 2. The van der Waals surface area contributed by atoms with Crippen LogP contribution in [0.5, 0.6) is 0 Å². The van der Waals surface area contributed by atoms with E-state index in [2.05, 4.69) is 14.9 Å². The third kappa shape index (κ3) is 2.59. The summed E-state index contributed by atoms with van der Waals surface area (Å²) in [5.41, 5.74) is 1.68. The molecule has 0 bridgehead atoms. The summed E-state index contributed by atoms with van der Waals surface area (Å²) in [6, 6.07) is 5.63. The van der Waals surface area contributed by atoms with E-state index in [-0.39, 0.29) is 11.7 Å². The van der Waals surface area contributed by atoms with Gasteiger partial charge in [0.1, 0.15) is 5.82 Å². The number of fused-ring (bicyclic) bond motifs is 1. The minimum absolute atomic E-state index is 0.0914. The number of nitrogens with one attached hydrogen (secondary N) is 1. The molecular weight excluding hydrogens is 254 g/mol. The third-order valence-corrected chi connectivity index (χ3v) is 3.84. The number of benzene rings is 1. The molecule has 1 fully saturated rings. The zero-order chi connectivity index (χ0) is 14.1. The van der Waals surface area contributed by atoms with Crippen LogP contribution in [0.3, 0.4) is 0 Å². The van der Waals surface area contributed by atoms with Gasteiger partial charge >= 0.3 is 0 Å². The van der Waals surface area contributed by atoms with Crippen molar-refractivity contribution in [2.45, 2.75) is 32.4 Å². The van der Waals surface area contributed by atoms with Gasteiger partial charge in [0.15, 0.2) is 0 Å². The predicted octanol–water partition coefficient (Wildman–Crippen LogP) is 1.19. The van der Waals surface area contributed by atoms with Crippen molar-refractivity contribution in [2.24, 2.45) is 0 Å². The molecule has 3 rings (SSSR count). The Morgan fingerprint density at radius 3 is 3.15 bits per heavy atom. The number of aromatic nitrogens is 2. The summed E-state index contributed by atoms with van der Waals surface area (Å²) < 4.78 is 0. The van der Waals surface area contributed by atoms with Gasteiger partial charge < -0.3 is 10.1 Å². The van der Waals surface area contributed by atoms with Crippen molar-refractivity contribution in [2.75, 3.05) is 13.1 Å². The molecule has 20 heavy (non-hydrogen) atoms. The van der Waals surface area contributed by atoms with Gasteiger partial charge in [-0.2, -0.15) is 0 Å². The molecule has 1 aliphatic heterocycles. The van der Waals surface area contributed by atoms with Crippen LogP contribution in [0.4, 0.5) is 0 Å². The lowest BCUT2D eigenvalue weighted by Crippen LogP contribution is -2.38. The Bertz CT molecular complexity index is 680. The number of aromatic amines is 1. The van der Waals surface area contributed by atoms with Gasteiger partial charge in [0, 0.05) is 6.54 Å². The van der Waals surface area contributed by atoms with Gasteiger partial charge in [0.25, 0.3) is 5.56 Å². The Labute approximate surface area is 117 Å². The first-order chi connectivity index (χ1) is 9.63. The first-order valence-electron chi connectivity index (χ1n) is 7.02. The van der Waals surface area contributed by atoms with E-state index >= 15 is 0 Å². The smallest absolute Gasteiger partial charge is 0.258 e. The second-order valence-corrected chi connectivity index (χ2v) is 5.51. The fourth-order valence-electron chi connectivity index (χ4n) is 2.81. The Morgan fingerprint density at radius 2 is 2.35 bits per heavy atom. The minimum Gasteiger partial charge on any atom is -0.392 e. The van der Waals surface area contributed by atoms with E-state index in [0.29, 0.717) is 24.3 Å². The van der Waals surface area contributed by atoms with E-state index in [0.717, 1.165) is 30.5 Å². The number of hydrogen-bond acceptors (Lipinski definition) is 4. The van der Waals surface area contributed by atoms with E-state index in [1.807, 2.05) is 19.1 Å². The Morgan fingerprint density at radius 1 is 1.50 bits per heavy atom. The van der Waals surface area contributed by atoms with E-state index in [9.17, 15) is 9.90 Å². The standard InChI is InChI=1S/C15H19N3O2/c1-10-4-2-6-12-14(10)16-13(17-15(12)20)9-18-7-3-5-11(19)8-18/h2,4,6,11,19H,3,5,7-9H2,1H3,(H,16,17,20)/t11-/m0/s1. The van der Waals surface area contributed by atoms with Gasteiger partial charge in [0.05, 0.1) is 23.6 Å². The molecule has 2 aromatic rings. The number of aliphatic hydroxyl groups excluding tert-OH is 1. The average molecular weight is 273 g/mol. The maximum absolute atomic E-state index is 12.1. The maximum atomic E-state index is 12.1. The zero-order valence-electron chi connectivity index (χ0n) is 11.6. The summed E-state index contributed by atoms with van der Waals surface area (Å²) in [6.07, 6.45) is 1.58. The van der Waals surface area contributed by atoms with E-state index in [1.54, 1.807) is 6.07 Å². The van der Waals surface area contributed by atoms with Gasteiger partial charge in [-0.15, -0.1) is 0 Å². The fourth-order valence-corrected chi connectivity index (χ4v) is 2.81. The van der Waals surface area contributed by atoms with Gasteiger partial charge in [-0.25, -0.2) is 4.98 Å². The van der Waals surface area contributed by atoms with Gasteiger partial charge in [-0.3, -0.25) is 9.69 Å². The molecule has 0 aliphatic carbocycles.